The number of hydrogen-bond acceptors (Lipinski definition) is 5. The highest BCUT2D eigenvalue weighted by atomic mass is 35.5. The number of rotatable bonds is 7. The zero-order valence-electron chi connectivity index (χ0n) is 16.6. The second-order valence-corrected chi connectivity index (χ2v) is 8.16. The van der Waals surface area contributed by atoms with Gasteiger partial charge in [0.2, 0.25) is 5.91 Å². The van der Waals surface area contributed by atoms with Gasteiger partial charge in [-0.25, -0.2) is 5.06 Å². The van der Waals surface area contributed by atoms with Gasteiger partial charge in [0.05, 0.1) is 36.3 Å². The summed E-state index contributed by atoms with van der Waals surface area (Å²) in [6.07, 6.45) is -1.59. The molecule has 0 spiro atoms. The standard InChI is InChI=1S/C22H25ClN2O5/c1-22(13-25(29)19(26)11-15-7-3-2-4-8-15)14-30-18(20(22)27)12-24-21(28)16-9-5-6-10-17(16)23/h2-10,18,20,27,29H,11-14H2,1H3,(H,24,28)/t18-,20-,22-/m1/s1. The van der Waals surface area contributed by atoms with E-state index in [1.165, 1.54) is 0 Å². The highest BCUT2D eigenvalue weighted by Gasteiger charge is 2.47. The molecule has 3 N–H and O–H groups in total. The number of hydroxylamine groups is 2. The third-order valence-corrected chi connectivity index (χ3v) is 5.60. The van der Waals surface area contributed by atoms with Crippen LogP contribution in [-0.4, -0.2) is 59.1 Å². The Morgan fingerprint density at radius 2 is 1.87 bits per heavy atom. The van der Waals surface area contributed by atoms with Crippen LogP contribution < -0.4 is 5.32 Å². The number of benzene rings is 2. The Balaban J connectivity index is 1.54. The summed E-state index contributed by atoms with van der Waals surface area (Å²) in [6.45, 7) is 1.85. The fraction of sp³-hybridized carbons (Fsp3) is 0.364. The number of carbonyl (C=O) groups excluding carboxylic acids is 2. The van der Waals surface area contributed by atoms with Crippen molar-refractivity contribution in [2.24, 2.45) is 5.41 Å². The van der Waals surface area contributed by atoms with Crippen LogP contribution in [-0.2, 0) is 16.0 Å². The molecule has 160 valence electrons. The molecule has 2 amide bonds. The minimum atomic E-state index is -0.983. The third kappa shape index (κ3) is 5.17. The summed E-state index contributed by atoms with van der Waals surface area (Å²) in [7, 11) is 0. The molecule has 1 saturated heterocycles. The van der Waals surface area contributed by atoms with E-state index in [0.717, 1.165) is 5.56 Å². The smallest absolute Gasteiger partial charge is 0.252 e. The molecule has 3 rings (SSSR count). The Morgan fingerprint density at radius 3 is 2.57 bits per heavy atom. The zero-order chi connectivity index (χ0) is 21.7. The monoisotopic (exact) mass is 432 g/mol. The lowest BCUT2D eigenvalue weighted by Crippen LogP contribution is -2.47. The molecule has 0 saturated carbocycles. The predicted octanol–water partition coefficient (Wildman–Crippen LogP) is 2.30. The van der Waals surface area contributed by atoms with Crippen molar-refractivity contribution in [3.8, 4) is 0 Å². The van der Waals surface area contributed by atoms with Crippen LogP contribution in [0.2, 0.25) is 5.02 Å². The van der Waals surface area contributed by atoms with Crippen LogP contribution in [0.1, 0.15) is 22.8 Å². The fourth-order valence-corrected chi connectivity index (χ4v) is 3.68. The largest absolute Gasteiger partial charge is 0.390 e. The van der Waals surface area contributed by atoms with Crippen LogP contribution in [0.15, 0.2) is 54.6 Å². The molecule has 3 atom stereocenters. The summed E-state index contributed by atoms with van der Waals surface area (Å²) in [5.41, 5.74) is 0.249. The summed E-state index contributed by atoms with van der Waals surface area (Å²) < 4.78 is 5.65. The highest BCUT2D eigenvalue weighted by Crippen LogP contribution is 2.33. The maximum Gasteiger partial charge on any atom is 0.252 e. The molecule has 0 aliphatic carbocycles. The molecule has 2 aromatic rings. The van der Waals surface area contributed by atoms with Crippen molar-refractivity contribution in [3.63, 3.8) is 0 Å². The number of halogens is 1. The van der Waals surface area contributed by atoms with Gasteiger partial charge in [-0.2, -0.15) is 0 Å². The topological polar surface area (TPSA) is 99.1 Å². The molecule has 2 aromatic carbocycles. The minimum Gasteiger partial charge on any atom is -0.390 e. The van der Waals surface area contributed by atoms with Crippen LogP contribution in [0.4, 0.5) is 0 Å². The average Bonchev–Trinajstić information content (AvgIpc) is 3.01. The maximum absolute atomic E-state index is 12.3. The SMILES string of the molecule is C[C@@]1(CN(O)C(=O)Cc2ccccc2)CO[C@H](CNC(=O)c2ccccc2Cl)[C@H]1O. The Kier molecular flexibility index (Phi) is 7.10. The van der Waals surface area contributed by atoms with Crippen molar-refractivity contribution in [2.75, 3.05) is 19.7 Å². The molecule has 0 bridgehead atoms. The highest BCUT2D eigenvalue weighted by molar-refractivity contribution is 6.33. The molecule has 1 aliphatic rings. The van der Waals surface area contributed by atoms with Gasteiger partial charge in [0.25, 0.3) is 5.91 Å². The maximum atomic E-state index is 12.3. The lowest BCUT2D eigenvalue weighted by atomic mass is 9.84. The van der Waals surface area contributed by atoms with E-state index in [0.29, 0.717) is 15.6 Å². The number of aliphatic hydroxyl groups excluding tert-OH is 1. The summed E-state index contributed by atoms with van der Waals surface area (Å²) in [6, 6.07) is 15.8. The first kappa shape index (κ1) is 22.2. The number of aliphatic hydroxyl groups is 1. The summed E-state index contributed by atoms with van der Waals surface area (Å²) in [5, 5.41) is 24.6. The van der Waals surface area contributed by atoms with Crippen LogP contribution in [0.25, 0.3) is 0 Å². The van der Waals surface area contributed by atoms with Gasteiger partial charge in [0.1, 0.15) is 6.10 Å². The lowest BCUT2D eigenvalue weighted by molar-refractivity contribution is -0.173. The van der Waals surface area contributed by atoms with Gasteiger partial charge in [-0.1, -0.05) is 61.0 Å². The van der Waals surface area contributed by atoms with Gasteiger partial charge in [-0.3, -0.25) is 14.8 Å². The Hall–Kier alpha value is -2.45. The van der Waals surface area contributed by atoms with E-state index in [1.807, 2.05) is 18.2 Å². The molecule has 1 fully saturated rings. The van der Waals surface area contributed by atoms with E-state index in [-0.39, 0.29) is 32.0 Å². The van der Waals surface area contributed by atoms with Gasteiger partial charge in [-0.15, -0.1) is 0 Å². The van der Waals surface area contributed by atoms with Crippen molar-refractivity contribution >= 4 is 23.4 Å². The number of ether oxygens (including phenoxy) is 1. The van der Waals surface area contributed by atoms with Crippen molar-refractivity contribution in [1.82, 2.24) is 10.4 Å². The summed E-state index contributed by atoms with van der Waals surface area (Å²) >= 11 is 6.03. The van der Waals surface area contributed by atoms with E-state index < -0.39 is 23.5 Å². The Morgan fingerprint density at radius 1 is 1.20 bits per heavy atom. The van der Waals surface area contributed by atoms with Crippen LogP contribution in [0, 0.1) is 5.41 Å². The number of hydrogen-bond donors (Lipinski definition) is 3. The van der Waals surface area contributed by atoms with Crippen LogP contribution in [0.3, 0.4) is 0 Å². The normalized spacial score (nSPS) is 23.2. The molecule has 30 heavy (non-hydrogen) atoms. The van der Waals surface area contributed by atoms with E-state index in [1.54, 1.807) is 43.3 Å². The second kappa shape index (κ2) is 9.57. The van der Waals surface area contributed by atoms with Gasteiger partial charge < -0.3 is 15.2 Å². The number of carbonyl (C=O) groups is 2. The first-order valence-electron chi connectivity index (χ1n) is 9.66. The minimum absolute atomic E-state index is 0.0572. The fourth-order valence-electron chi connectivity index (χ4n) is 3.46. The van der Waals surface area contributed by atoms with Crippen molar-refractivity contribution in [1.29, 1.82) is 0 Å². The van der Waals surface area contributed by atoms with Gasteiger partial charge in [0, 0.05) is 12.0 Å². The quantitative estimate of drug-likeness (QED) is 0.460. The molecule has 1 aliphatic heterocycles. The Labute approximate surface area is 180 Å². The predicted molar refractivity (Wildman–Crippen MR) is 111 cm³/mol. The van der Waals surface area contributed by atoms with Crippen LogP contribution in [0.5, 0.6) is 0 Å². The van der Waals surface area contributed by atoms with E-state index in [9.17, 15) is 19.9 Å². The van der Waals surface area contributed by atoms with E-state index >= 15 is 0 Å². The first-order chi connectivity index (χ1) is 14.3. The zero-order valence-corrected chi connectivity index (χ0v) is 17.4. The second-order valence-electron chi connectivity index (χ2n) is 7.75. The molecular formula is C22H25ClN2O5. The van der Waals surface area contributed by atoms with Crippen molar-refractivity contribution < 1.29 is 24.6 Å². The number of nitrogens with one attached hydrogen (secondary N) is 1. The number of amides is 2. The average molecular weight is 433 g/mol. The molecule has 7 nitrogen and oxygen atoms in total. The Bertz CT molecular complexity index is 894. The molecule has 0 unspecified atom stereocenters. The molecular weight excluding hydrogens is 408 g/mol. The molecule has 0 radical (unpaired) electrons. The number of nitrogens with zero attached hydrogens (tertiary/aromatic N) is 1. The summed E-state index contributed by atoms with van der Waals surface area (Å²) in [4.78, 5) is 24.6. The van der Waals surface area contributed by atoms with Gasteiger partial charge in [0.15, 0.2) is 0 Å². The van der Waals surface area contributed by atoms with Gasteiger partial charge >= 0.3 is 0 Å². The van der Waals surface area contributed by atoms with Crippen molar-refractivity contribution in [3.05, 3.63) is 70.7 Å². The molecule has 1 heterocycles. The first-order valence-corrected chi connectivity index (χ1v) is 10.0. The van der Waals surface area contributed by atoms with E-state index in [2.05, 4.69) is 5.32 Å². The van der Waals surface area contributed by atoms with Gasteiger partial charge in [-0.05, 0) is 17.7 Å². The lowest BCUT2D eigenvalue weighted by Gasteiger charge is -2.31. The molecule has 8 heteroatoms. The molecule has 0 aromatic heterocycles. The van der Waals surface area contributed by atoms with Crippen molar-refractivity contribution in [2.45, 2.75) is 25.6 Å². The third-order valence-electron chi connectivity index (χ3n) is 5.27. The van der Waals surface area contributed by atoms with E-state index in [4.69, 9.17) is 16.3 Å². The van der Waals surface area contributed by atoms with Crippen LogP contribution >= 0.6 is 11.6 Å². The summed E-state index contributed by atoms with van der Waals surface area (Å²) in [5.74, 6) is -0.836.